The molecule has 4 aromatic rings. The lowest BCUT2D eigenvalue weighted by Crippen LogP contribution is -2.42. The van der Waals surface area contributed by atoms with Crippen molar-refractivity contribution >= 4 is 45.7 Å². The zero-order valence-corrected chi connectivity index (χ0v) is 22.0. The number of nitrogens with two attached hydrogens (primary N) is 2. The van der Waals surface area contributed by atoms with Crippen LogP contribution in [0.3, 0.4) is 0 Å². The fourth-order valence-corrected chi connectivity index (χ4v) is 4.42. The second kappa shape index (κ2) is 13.5. The van der Waals surface area contributed by atoms with Crippen molar-refractivity contribution in [2.75, 3.05) is 0 Å². The van der Waals surface area contributed by atoms with E-state index in [1.807, 2.05) is 0 Å². The molecule has 0 aliphatic carbocycles. The van der Waals surface area contributed by atoms with E-state index in [-0.39, 0.29) is 24.0 Å². The van der Waals surface area contributed by atoms with Gasteiger partial charge >= 0.3 is 0 Å². The van der Waals surface area contributed by atoms with E-state index in [1.165, 1.54) is 0 Å². The van der Waals surface area contributed by atoms with E-state index in [1.54, 1.807) is 36.4 Å². The van der Waals surface area contributed by atoms with Crippen molar-refractivity contribution < 1.29 is 19.2 Å². The largest absolute Gasteiger partial charge is 0.277 e. The van der Waals surface area contributed by atoms with Gasteiger partial charge in [-0.1, -0.05) is 50.7 Å². The third kappa shape index (κ3) is 6.71. The SMILES string of the molecule is NN(C(=O)CCCCCCCCCCC(=O)N(N)C(=O)c1cccc2n[nH]nc12)C(=O)c1cccc2n[nH]nc12. The number of H-pyrrole nitrogens is 2. The van der Waals surface area contributed by atoms with Crippen LogP contribution in [0.25, 0.3) is 22.1 Å². The van der Waals surface area contributed by atoms with E-state index in [4.69, 9.17) is 11.7 Å². The summed E-state index contributed by atoms with van der Waals surface area (Å²) in [5.74, 6) is 9.45. The minimum atomic E-state index is -0.613. The number of carbonyl (C=O) groups is 4. The molecule has 0 fully saturated rings. The second-order valence-corrected chi connectivity index (χ2v) is 9.46. The summed E-state index contributed by atoms with van der Waals surface area (Å²) in [4.78, 5) is 50.0. The smallest absolute Gasteiger partial charge is 0.273 e. The lowest BCUT2D eigenvalue weighted by atomic mass is 10.1. The molecule has 0 bridgehead atoms. The van der Waals surface area contributed by atoms with Crippen molar-refractivity contribution in [3.63, 3.8) is 0 Å². The molecule has 0 spiro atoms. The Kier molecular flexibility index (Phi) is 9.59. The lowest BCUT2D eigenvalue weighted by molar-refractivity contribution is -0.129. The summed E-state index contributed by atoms with van der Waals surface area (Å²) in [7, 11) is 0. The molecular weight excluding hydrogens is 516 g/mol. The summed E-state index contributed by atoms with van der Waals surface area (Å²) in [6.07, 6.45) is 7.17. The number of hydrogen-bond donors (Lipinski definition) is 4. The molecule has 2 aromatic heterocycles. The Morgan fingerprint density at radius 3 is 1.35 bits per heavy atom. The van der Waals surface area contributed by atoms with Crippen LogP contribution in [0.4, 0.5) is 0 Å². The molecule has 0 atom stereocenters. The van der Waals surface area contributed by atoms with Gasteiger partial charge in [0.1, 0.15) is 22.1 Å². The first kappa shape index (κ1) is 28.4. The van der Waals surface area contributed by atoms with E-state index in [9.17, 15) is 19.2 Å². The van der Waals surface area contributed by atoms with Gasteiger partial charge in [-0.2, -0.15) is 30.8 Å². The predicted molar refractivity (Wildman–Crippen MR) is 145 cm³/mol. The number of benzene rings is 2. The average molecular weight is 549 g/mol. The van der Waals surface area contributed by atoms with Gasteiger partial charge in [0.05, 0.1) is 11.1 Å². The highest BCUT2D eigenvalue weighted by Crippen LogP contribution is 2.17. The van der Waals surface area contributed by atoms with Gasteiger partial charge in [0, 0.05) is 12.8 Å². The first-order chi connectivity index (χ1) is 19.4. The van der Waals surface area contributed by atoms with Crippen LogP contribution in [0.15, 0.2) is 36.4 Å². The second-order valence-electron chi connectivity index (χ2n) is 9.46. The summed E-state index contributed by atoms with van der Waals surface area (Å²) in [6.45, 7) is 0. The van der Waals surface area contributed by atoms with Crippen LogP contribution < -0.4 is 11.7 Å². The van der Waals surface area contributed by atoms with Gasteiger partial charge in [0.15, 0.2) is 0 Å². The number of hydrogen-bond acceptors (Lipinski definition) is 10. The highest BCUT2D eigenvalue weighted by Gasteiger charge is 2.23. The third-order valence-corrected chi connectivity index (χ3v) is 6.66. The number of unbranched alkanes of at least 4 members (excludes halogenated alkanes) is 7. The third-order valence-electron chi connectivity index (χ3n) is 6.66. The van der Waals surface area contributed by atoms with Gasteiger partial charge in [-0.25, -0.2) is 21.7 Å². The quantitative estimate of drug-likeness (QED) is 0.0829. The fourth-order valence-electron chi connectivity index (χ4n) is 4.42. The van der Waals surface area contributed by atoms with Crippen molar-refractivity contribution in [2.24, 2.45) is 11.7 Å². The van der Waals surface area contributed by atoms with Gasteiger partial charge < -0.3 is 0 Å². The fraction of sp³-hybridized carbons (Fsp3) is 0.385. The Hall–Kier alpha value is -4.56. The van der Waals surface area contributed by atoms with Crippen molar-refractivity contribution in [1.82, 2.24) is 40.8 Å². The molecule has 0 saturated carbocycles. The number of carbonyl (C=O) groups excluding carboxylic acids is 4. The van der Waals surface area contributed by atoms with Crippen LogP contribution in [0, 0.1) is 0 Å². The Bertz CT molecular complexity index is 1380. The van der Waals surface area contributed by atoms with Gasteiger partial charge in [-0.05, 0) is 37.1 Å². The maximum absolute atomic E-state index is 12.6. The maximum Gasteiger partial charge on any atom is 0.277 e. The number of rotatable bonds is 13. The highest BCUT2D eigenvalue weighted by atomic mass is 16.2. The predicted octanol–water partition coefficient (Wildman–Crippen LogP) is 2.52. The number of aromatic amines is 2. The first-order valence-electron chi connectivity index (χ1n) is 13.2. The topological polar surface area (TPSA) is 210 Å². The van der Waals surface area contributed by atoms with Crippen LogP contribution in [0.2, 0.25) is 0 Å². The minimum absolute atomic E-state index is 0.179. The van der Waals surface area contributed by atoms with Crippen LogP contribution in [-0.2, 0) is 9.59 Å². The van der Waals surface area contributed by atoms with Gasteiger partial charge in [-0.3, -0.25) is 19.2 Å². The average Bonchev–Trinajstić information content (AvgIpc) is 3.66. The van der Waals surface area contributed by atoms with Crippen LogP contribution in [-0.4, -0.2) is 64.5 Å². The summed E-state index contributed by atoms with van der Waals surface area (Å²) < 4.78 is 0. The minimum Gasteiger partial charge on any atom is -0.273 e. The van der Waals surface area contributed by atoms with Crippen LogP contribution >= 0.6 is 0 Å². The molecule has 0 aliphatic heterocycles. The lowest BCUT2D eigenvalue weighted by Gasteiger charge is -2.15. The standard InChI is InChI=1S/C26H32N10O4/c27-35(25(39)17-11-9-13-19-23(17)31-33-29-19)21(37)15-7-5-3-1-2-4-6-8-16-22(38)36(28)26(40)18-12-10-14-20-24(18)32-34-30-20/h9-14H,1-8,15-16,27-28H2,(H,29,31,33)(H,30,32,34). The number of nitrogens with zero attached hydrogens (tertiary/aromatic N) is 6. The molecule has 0 aliphatic rings. The zero-order valence-electron chi connectivity index (χ0n) is 22.0. The Balaban J connectivity index is 1.05. The molecule has 0 unspecified atom stereocenters. The van der Waals surface area contributed by atoms with E-state index in [2.05, 4.69) is 30.8 Å². The van der Waals surface area contributed by atoms with E-state index in [0.29, 0.717) is 44.9 Å². The molecule has 6 N–H and O–H groups in total. The molecule has 210 valence electrons. The highest BCUT2D eigenvalue weighted by molar-refractivity contribution is 6.11. The van der Waals surface area contributed by atoms with Crippen LogP contribution in [0.1, 0.15) is 84.9 Å². The number of hydrazine groups is 2. The molecule has 40 heavy (non-hydrogen) atoms. The Labute approximate surface area is 229 Å². The number of fused-ring (bicyclic) bond motifs is 2. The molecule has 14 heteroatoms. The summed E-state index contributed by atoms with van der Waals surface area (Å²) in [5, 5.41) is 22.0. The van der Waals surface area contributed by atoms with Crippen molar-refractivity contribution in [2.45, 2.75) is 64.2 Å². The summed E-state index contributed by atoms with van der Waals surface area (Å²) in [5.41, 5.74) is 2.22. The number of amides is 4. The van der Waals surface area contributed by atoms with Gasteiger partial charge in [0.2, 0.25) is 11.8 Å². The Morgan fingerprint density at radius 2 is 0.950 bits per heavy atom. The first-order valence-corrected chi connectivity index (χ1v) is 13.2. The normalized spacial score (nSPS) is 11.2. The molecule has 4 rings (SSSR count). The molecule has 2 heterocycles. The number of nitrogens with one attached hydrogen (secondary N) is 2. The molecule has 0 radical (unpaired) electrons. The van der Waals surface area contributed by atoms with Gasteiger partial charge in [-0.15, -0.1) is 0 Å². The monoisotopic (exact) mass is 548 g/mol. The van der Waals surface area contributed by atoms with Crippen LogP contribution in [0.5, 0.6) is 0 Å². The molecule has 4 amide bonds. The Morgan fingerprint density at radius 1 is 0.575 bits per heavy atom. The van der Waals surface area contributed by atoms with E-state index >= 15 is 0 Å². The van der Waals surface area contributed by atoms with Crippen molar-refractivity contribution in [3.05, 3.63) is 47.5 Å². The number of para-hydroxylation sites is 2. The van der Waals surface area contributed by atoms with E-state index < -0.39 is 23.6 Å². The van der Waals surface area contributed by atoms with Gasteiger partial charge in [0.25, 0.3) is 11.8 Å². The summed E-state index contributed by atoms with van der Waals surface area (Å²) in [6, 6.07) is 9.84. The van der Waals surface area contributed by atoms with Crippen molar-refractivity contribution in [1.29, 1.82) is 0 Å². The molecule has 14 nitrogen and oxygen atoms in total. The summed E-state index contributed by atoms with van der Waals surface area (Å²) >= 11 is 0. The molecule has 0 saturated heterocycles. The number of aromatic nitrogens is 6. The molecule has 2 aromatic carbocycles. The maximum atomic E-state index is 12.6. The van der Waals surface area contributed by atoms with E-state index in [0.717, 1.165) is 38.5 Å². The zero-order chi connectivity index (χ0) is 28.5. The molecular formula is C26H32N10O4. The number of imide groups is 2. The van der Waals surface area contributed by atoms with Crippen molar-refractivity contribution in [3.8, 4) is 0 Å².